The van der Waals surface area contributed by atoms with Crippen molar-refractivity contribution in [2.24, 2.45) is 0 Å². The Morgan fingerprint density at radius 1 is 0.960 bits per heavy atom. The van der Waals surface area contributed by atoms with Gasteiger partial charge in [-0.3, -0.25) is 20.4 Å². The van der Waals surface area contributed by atoms with Gasteiger partial charge in [0.15, 0.2) is 11.5 Å². The third-order valence-corrected chi connectivity index (χ3v) is 4.56. The van der Waals surface area contributed by atoms with Crippen LogP contribution in [0.3, 0.4) is 0 Å². The lowest BCUT2D eigenvalue weighted by Crippen LogP contribution is -2.41. The molecule has 6 nitrogen and oxygen atoms in total. The Balaban J connectivity index is 1.55. The predicted molar refractivity (Wildman–Crippen MR) is 95.8 cm³/mol. The van der Waals surface area contributed by atoms with E-state index in [4.69, 9.17) is 9.47 Å². The molecule has 0 atom stereocenters. The Morgan fingerprint density at radius 2 is 1.60 bits per heavy atom. The van der Waals surface area contributed by atoms with Crippen molar-refractivity contribution in [2.75, 3.05) is 12.5 Å². The van der Waals surface area contributed by atoms with E-state index in [2.05, 4.69) is 17.8 Å². The van der Waals surface area contributed by atoms with Gasteiger partial charge in [-0.05, 0) is 41.6 Å². The van der Waals surface area contributed by atoms with Crippen LogP contribution in [-0.2, 0) is 5.75 Å². The third kappa shape index (κ3) is 4.24. The largest absolute Gasteiger partial charge is 0.454 e. The molecule has 0 unspecified atom stereocenters. The molecule has 2 N–H and O–H groups in total. The van der Waals surface area contributed by atoms with Crippen LogP contribution in [0.25, 0.3) is 0 Å². The molecule has 0 saturated carbocycles. The van der Waals surface area contributed by atoms with Gasteiger partial charge in [0.1, 0.15) is 0 Å². The number of carbonyl (C=O) groups excluding carboxylic acids is 2. The van der Waals surface area contributed by atoms with Gasteiger partial charge in [0.2, 0.25) is 6.79 Å². The van der Waals surface area contributed by atoms with Gasteiger partial charge in [-0.1, -0.05) is 19.1 Å². The van der Waals surface area contributed by atoms with Crippen molar-refractivity contribution in [3.63, 3.8) is 0 Å². The van der Waals surface area contributed by atoms with Gasteiger partial charge in [-0.15, -0.1) is 0 Å². The van der Waals surface area contributed by atoms with Crippen molar-refractivity contribution in [3.8, 4) is 11.5 Å². The monoisotopic (exact) mass is 358 g/mol. The topological polar surface area (TPSA) is 76.7 Å². The molecule has 0 radical (unpaired) electrons. The maximum absolute atomic E-state index is 12.1. The Bertz CT molecular complexity index is 777. The van der Waals surface area contributed by atoms with E-state index in [1.54, 1.807) is 30.3 Å². The number of rotatable bonds is 5. The lowest BCUT2D eigenvalue weighted by Gasteiger charge is -2.08. The zero-order valence-electron chi connectivity index (χ0n) is 13.7. The van der Waals surface area contributed by atoms with E-state index in [9.17, 15) is 9.59 Å². The number of nitrogens with one attached hydrogen (secondary N) is 2. The highest BCUT2D eigenvalue weighted by molar-refractivity contribution is 7.98. The normalized spacial score (nSPS) is 11.9. The maximum Gasteiger partial charge on any atom is 0.269 e. The van der Waals surface area contributed by atoms with Gasteiger partial charge < -0.3 is 9.47 Å². The standard InChI is InChI=1S/C18H18N2O4S/c1-2-25-10-12-3-5-13(6-4-12)17(21)19-20-18(22)14-7-8-15-16(9-14)24-11-23-15/h3-9H,2,10-11H2,1H3,(H,19,21)(H,20,22). The molecule has 2 aromatic carbocycles. The van der Waals surface area contributed by atoms with Crippen LogP contribution in [0.1, 0.15) is 33.2 Å². The van der Waals surface area contributed by atoms with E-state index in [0.717, 1.165) is 17.1 Å². The summed E-state index contributed by atoms with van der Waals surface area (Å²) in [6, 6.07) is 12.2. The average Bonchev–Trinajstić information content (AvgIpc) is 3.12. The van der Waals surface area contributed by atoms with Crippen LogP contribution in [0.4, 0.5) is 0 Å². The van der Waals surface area contributed by atoms with Gasteiger partial charge in [0.25, 0.3) is 11.8 Å². The zero-order chi connectivity index (χ0) is 17.6. The van der Waals surface area contributed by atoms with Crippen LogP contribution in [0.15, 0.2) is 42.5 Å². The molecule has 3 rings (SSSR count). The number of hydrogen-bond donors (Lipinski definition) is 2. The summed E-state index contributed by atoms with van der Waals surface area (Å²) in [4.78, 5) is 24.2. The van der Waals surface area contributed by atoms with E-state index in [0.29, 0.717) is 22.6 Å². The fourth-order valence-corrected chi connectivity index (χ4v) is 2.90. The Labute approximate surface area is 149 Å². The first-order valence-corrected chi connectivity index (χ1v) is 9.00. The minimum atomic E-state index is -0.428. The Morgan fingerprint density at radius 3 is 2.32 bits per heavy atom. The lowest BCUT2D eigenvalue weighted by molar-refractivity contribution is 0.0846. The Kier molecular flexibility index (Phi) is 5.45. The predicted octanol–water partition coefficient (Wildman–Crippen LogP) is 2.74. The van der Waals surface area contributed by atoms with Gasteiger partial charge >= 0.3 is 0 Å². The van der Waals surface area contributed by atoms with Gasteiger partial charge in [0, 0.05) is 16.9 Å². The fraction of sp³-hybridized carbons (Fsp3) is 0.222. The molecule has 25 heavy (non-hydrogen) atoms. The first-order chi connectivity index (χ1) is 12.2. The minimum Gasteiger partial charge on any atom is -0.454 e. The molecule has 1 heterocycles. The molecule has 2 amide bonds. The van der Waals surface area contributed by atoms with Crippen molar-refractivity contribution in [1.29, 1.82) is 0 Å². The number of ether oxygens (including phenoxy) is 2. The van der Waals surface area contributed by atoms with Crippen molar-refractivity contribution in [2.45, 2.75) is 12.7 Å². The van der Waals surface area contributed by atoms with E-state index in [1.165, 1.54) is 0 Å². The highest BCUT2D eigenvalue weighted by Crippen LogP contribution is 2.32. The van der Waals surface area contributed by atoms with E-state index in [1.807, 2.05) is 23.9 Å². The number of hydrogen-bond acceptors (Lipinski definition) is 5. The maximum atomic E-state index is 12.1. The second-order valence-electron chi connectivity index (χ2n) is 5.31. The number of fused-ring (bicyclic) bond motifs is 1. The van der Waals surface area contributed by atoms with Crippen molar-refractivity contribution in [3.05, 3.63) is 59.2 Å². The zero-order valence-corrected chi connectivity index (χ0v) is 14.5. The highest BCUT2D eigenvalue weighted by atomic mass is 32.2. The van der Waals surface area contributed by atoms with Crippen molar-refractivity contribution < 1.29 is 19.1 Å². The molecule has 1 aliphatic rings. The molecule has 2 aromatic rings. The first kappa shape index (κ1) is 17.2. The number of thioether (sulfide) groups is 1. The molecule has 0 aromatic heterocycles. The summed E-state index contributed by atoms with van der Waals surface area (Å²) in [6.07, 6.45) is 0. The van der Waals surface area contributed by atoms with Crippen LogP contribution in [0.5, 0.6) is 11.5 Å². The lowest BCUT2D eigenvalue weighted by atomic mass is 10.1. The van der Waals surface area contributed by atoms with Crippen molar-refractivity contribution in [1.82, 2.24) is 10.9 Å². The van der Waals surface area contributed by atoms with E-state index >= 15 is 0 Å². The van der Waals surface area contributed by atoms with Crippen LogP contribution in [0, 0.1) is 0 Å². The van der Waals surface area contributed by atoms with Gasteiger partial charge in [-0.25, -0.2) is 0 Å². The van der Waals surface area contributed by atoms with Crippen LogP contribution < -0.4 is 20.3 Å². The average molecular weight is 358 g/mol. The fourth-order valence-electron chi connectivity index (χ4n) is 2.27. The highest BCUT2D eigenvalue weighted by Gasteiger charge is 2.16. The van der Waals surface area contributed by atoms with E-state index in [-0.39, 0.29) is 12.7 Å². The molecule has 0 spiro atoms. The molecule has 0 fully saturated rings. The van der Waals surface area contributed by atoms with Crippen LogP contribution >= 0.6 is 11.8 Å². The molecule has 0 bridgehead atoms. The Hall–Kier alpha value is -2.67. The first-order valence-electron chi connectivity index (χ1n) is 7.84. The molecule has 1 aliphatic heterocycles. The third-order valence-electron chi connectivity index (χ3n) is 3.61. The second-order valence-corrected chi connectivity index (χ2v) is 6.58. The number of hydrazine groups is 1. The summed E-state index contributed by atoms with van der Waals surface area (Å²) in [5.74, 6) is 2.28. The summed E-state index contributed by atoms with van der Waals surface area (Å²) < 4.78 is 10.4. The van der Waals surface area contributed by atoms with Gasteiger partial charge in [-0.2, -0.15) is 11.8 Å². The summed E-state index contributed by atoms with van der Waals surface area (Å²) in [6.45, 7) is 2.25. The summed E-state index contributed by atoms with van der Waals surface area (Å²) >= 11 is 1.82. The van der Waals surface area contributed by atoms with Crippen LogP contribution in [0.2, 0.25) is 0 Å². The number of benzene rings is 2. The van der Waals surface area contributed by atoms with Crippen molar-refractivity contribution >= 4 is 23.6 Å². The second kappa shape index (κ2) is 7.94. The molecule has 7 heteroatoms. The molecule has 0 saturated heterocycles. The SMILES string of the molecule is CCSCc1ccc(C(=O)NNC(=O)c2ccc3c(c2)OCO3)cc1. The molecular formula is C18H18N2O4S. The number of carbonyl (C=O) groups is 2. The quantitative estimate of drug-likeness (QED) is 0.804. The number of amides is 2. The summed E-state index contributed by atoms with van der Waals surface area (Å²) in [5, 5.41) is 0. The summed E-state index contributed by atoms with van der Waals surface area (Å²) in [7, 11) is 0. The molecular weight excluding hydrogens is 340 g/mol. The summed E-state index contributed by atoms with van der Waals surface area (Å²) in [5.41, 5.74) is 6.82. The van der Waals surface area contributed by atoms with Gasteiger partial charge in [0.05, 0.1) is 0 Å². The molecule has 0 aliphatic carbocycles. The minimum absolute atomic E-state index is 0.143. The van der Waals surface area contributed by atoms with Crippen LogP contribution in [-0.4, -0.2) is 24.4 Å². The smallest absolute Gasteiger partial charge is 0.269 e. The van der Waals surface area contributed by atoms with E-state index < -0.39 is 5.91 Å². The molecule has 130 valence electrons.